The molecule has 0 saturated heterocycles. The molecule has 0 aromatic rings. The maximum Gasteiger partial charge on any atom is 0.0995 e. The lowest BCUT2D eigenvalue weighted by Crippen LogP contribution is -1.98. The molecule has 0 aliphatic heterocycles. The number of hydrogen-bond donors (Lipinski definition) is 1. The highest BCUT2D eigenvalue weighted by atomic mass is 32.1. The molecule has 47 valence electrons. The molecule has 3 heteroatoms. The van der Waals surface area contributed by atoms with Crippen molar-refractivity contribution < 1.29 is 4.74 Å². The van der Waals surface area contributed by atoms with Gasteiger partial charge < -0.3 is 4.74 Å². The van der Waals surface area contributed by atoms with Gasteiger partial charge in [-0.1, -0.05) is 13.3 Å². The summed E-state index contributed by atoms with van der Waals surface area (Å²) in [5, 5.41) is 0. The predicted molar refractivity (Wildman–Crippen MR) is 40.4 cm³/mol. The van der Waals surface area contributed by atoms with Crippen molar-refractivity contribution in [1.29, 1.82) is 0 Å². The Bertz CT molecular complexity index is 43.4. The fourth-order valence-electron chi connectivity index (χ4n) is 0.365. The molecule has 0 spiro atoms. The van der Waals surface area contributed by atoms with E-state index in [0.29, 0.717) is 0 Å². The van der Waals surface area contributed by atoms with E-state index in [1.165, 1.54) is 0 Å². The van der Waals surface area contributed by atoms with Gasteiger partial charge in [0.05, 0.1) is 5.44 Å². The van der Waals surface area contributed by atoms with E-state index in [1.807, 2.05) is 0 Å². The first-order valence-electron chi connectivity index (χ1n) is 2.52. The van der Waals surface area contributed by atoms with Crippen LogP contribution in [-0.4, -0.2) is 21.0 Å². The zero-order chi connectivity index (χ0) is 5.70. The summed E-state index contributed by atoms with van der Waals surface area (Å²) in [5.74, 6) is 0. The van der Waals surface area contributed by atoms with Crippen LogP contribution < -0.4 is 0 Å². The van der Waals surface area contributed by atoms with Gasteiger partial charge in [0.1, 0.15) is 0 Å². The van der Waals surface area contributed by atoms with Gasteiger partial charge in [-0.2, -0.15) is 0 Å². The zero-order valence-corrected chi connectivity index (χ0v) is 6.32. The topological polar surface area (TPSA) is 9.23 Å². The van der Waals surface area contributed by atoms with E-state index in [2.05, 4.69) is 19.6 Å². The predicted octanol–water partition coefficient (Wildman–Crippen LogP) is 1.31. The van der Waals surface area contributed by atoms with E-state index in [-0.39, 0.29) is 13.8 Å². The van der Waals surface area contributed by atoms with Crippen LogP contribution in [0.5, 0.6) is 0 Å². The van der Waals surface area contributed by atoms with Gasteiger partial charge in [0.15, 0.2) is 0 Å². The molecule has 0 saturated carbocycles. The second-order valence-corrected chi connectivity index (χ2v) is 2.05. The summed E-state index contributed by atoms with van der Waals surface area (Å²) in [6.07, 6.45) is 2.18. The maximum absolute atomic E-state index is 4.85. The van der Waals surface area contributed by atoms with Crippen LogP contribution >= 0.6 is 12.6 Å². The highest BCUT2D eigenvalue weighted by molar-refractivity contribution is 7.80. The summed E-state index contributed by atoms with van der Waals surface area (Å²) >= 11 is 4.09. The fourth-order valence-corrected chi connectivity index (χ4v) is 0.623. The Kier molecular flexibility index (Phi) is 10.3. The molecule has 3 radical (unpaired) electrons. The third-order valence-electron chi connectivity index (χ3n) is 0.808. The van der Waals surface area contributed by atoms with E-state index in [0.717, 1.165) is 12.8 Å². The lowest BCUT2D eigenvalue weighted by atomic mass is 10.4. The highest BCUT2D eigenvalue weighted by Crippen LogP contribution is 2.02. The minimum atomic E-state index is 0. The van der Waals surface area contributed by atoms with Crippen molar-refractivity contribution in [3.8, 4) is 0 Å². The Balaban J connectivity index is 0. The van der Waals surface area contributed by atoms with Crippen LogP contribution in [0.1, 0.15) is 19.8 Å². The van der Waals surface area contributed by atoms with Crippen LogP contribution in [0.15, 0.2) is 0 Å². The smallest absolute Gasteiger partial charge is 0.0995 e. The third kappa shape index (κ3) is 6.37. The summed E-state index contributed by atoms with van der Waals surface area (Å²) in [7, 11) is 1.67. The van der Waals surface area contributed by atoms with Gasteiger partial charge in [0, 0.05) is 15.5 Å². The first-order valence-corrected chi connectivity index (χ1v) is 3.03. The minimum absolute atomic E-state index is 0. The molecule has 0 fully saturated rings. The van der Waals surface area contributed by atoms with E-state index in [1.54, 1.807) is 7.11 Å². The Labute approximate surface area is 58.8 Å². The first-order chi connectivity index (χ1) is 3.31. The summed E-state index contributed by atoms with van der Waals surface area (Å²) < 4.78 is 4.85. The average molecular weight is 131 g/mol. The van der Waals surface area contributed by atoms with Crippen LogP contribution in [0.3, 0.4) is 0 Å². The van der Waals surface area contributed by atoms with Crippen LogP contribution in [0.25, 0.3) is 0 Å². The number of thiol groups is 1. The van der Waals surface area contributed by atoms with E-state index in [9.17, 15) is 0 Å². The largest absolute Gasteiger partial charge is 0.371 e. The lowest BCUT2D eigenvalue weighted by Gasteiger charge is -2.03. The van der Waals surface area contributed by atoms with Gasteiger partial charge >= 0.3 is 0 Å². The molecule has 1 unspecified atom stereocenters. The van der Waals surface area contributed by atoms with Gasteiger partial charge in [0.25, 0.3) is 0 Å². The molecule has 0 heterocycles. The van der Waals surface area contributed by atoms with Crippen LogP contribution in [0.2, 0.25) is 0 Å². The molecule has 0 aromatic heterocycles. The van der Waals surface area contributed by atoms with Crippen molar-refractivity contribution >= 4 is 21.0 Å². The maximum atomic E-state index is 4.85. The van der Waals surface area contributed by atoms with Crippen LogP contribution in [-0.2, 0) is 4.74 Å². The van der Waals surface area contributed by atoms with Gasteiger partial charge in [-0.3, -0.25) is 0 Å². The minimum Gasteiger partial charge on any atom is -0.371 e. The van der Waals surface area contributed by atoms with Crippen molar-refractivity contribution in [1.82, 2.24) is 0 Å². The number of hydrogen-bond acceptors (Lipinski definition) is 2. The van der Waals surface area contributed by atoms with Gasteiger partial charge in [-0.15, -0.1) is 12.6 Å². The van der Waals surface area contributed by atoms with Crippen LogP contribution in [0, 0.1) is 0 Å². The standard InChI is InChI=1S/C5H12OS.B/c1-3-4-5(7)6-2;/h5,7H,3-4H2,1-2H3;. The summed E-state index contributed by atoms with van der Waals surface area (Å²) in [4.78, 5) is 0. The van der Waals surface area contributed by atoms with Crippen molar-refractivity contribution in [2.24, 2.45) is 0 Å². The second-order valence-electron chi connectivity index (χ2n) is 1.48. The molecule has 0 aliphatic rings. The molecule has 0 aliphatic carbocycles. The third-order valence-corrected chi connectivity index (χ3v) is 1.28. The van der Waals surface area contributed by atoms with Crippen molar-refractivity contribution in [2.45, 2.75) is 25.2 Å². The second kappa shape index (κ2) is 7.37. The number of rotatable bonds is 3. The lowest BCUT2D eigenvalue weighted by molar-refractivity contribution is 0.167. The molecular weight excluding hydrogens is 119 g/mol. The van der Waals surface area contributed by atoms with Crippen molar-refractivity contribution in [3.05, 3.63) is 0 Å². The normalized spacial score (nSPS) is 12.4. The van der Waals surface area contributed by atoms with Crippen molar-refractivity contribution in [2.75, 3.05) is 7.11 Å². The summed E-state index contributed by atoms with van der Waals surface area (Å²) in [6.45, 7) is 2.11. The molecule has 0 N–H and O–H groups in total. The van der Waals surface area contributed by atoms with E-state index in [4.69, 9.17) is 4.74 Å². The Morgan fingerprint density at radius 2 is 2.12 bits per heavy atom. The quantitative estimate of drug-likeness (QED) is 0.345. The first kappa shape index (κ1) is 11.2. The molecule has 0 aromatic carbocycles. The molecule has 1 nitrogen and oxygen atoms in total. The Morgan fingerprint density at radius 3 is 2.25 bits per heavy atom. The molecule has 0 rings (SSSR count). The van der Waals surface area contributed by atoms with E-state index < -0.39 is 0 Å². The van der Waals surface area contributed by atoms with Gasteiger partial charge in [-0.05, 0) is 6.42 Å². The van der Waals surface area contributed by atoms with Crippen molar-refractivity contribution in [3.63, 3.8) is 0 Å². The average Bonchev–Trinajstić information content (AvgIpc) is 1.68. The van der Waals surface area contributed by atoms with Gasteiger partial charge in [-0.25, -0.2) is 0 Å². The Hall–Kier alpha value is 0.375. The SMILES string of the molecule is CCCC(S)OC.[B]. The van der Waals surface area contributed by atoms with E-state index >= 15 is 0 Å². The highest BCUT2D eigenvalue weighted by Gasteiger charge is 1.93. The monoisotopic (exact) mass is 131 g/mol. The van der Waals surface area contributed by atoms with Crippen LogP contribution in [0.4, 0.5) is 0 Å². The zero-order valence-electron chi connectivity index (χ0n) is 5.42. The summed E-state index contributed by atoms with van der Waals surface area (Å²) in [6, 6.07) is 0. The Morgan fingerprint density at radius 1 is 1.62 bits per heavy atom. The molecule has 0 bridgehead atoms. The number of ether oxygens (including phenoxy) is 1. The molecule has 8 heavy (non-hydrogen) atoms. The molecule has 1 atom stereocenters. The molecular formula is C5H12BOS. The molecule has 0 amide bonds. The fraction of sp³-hybridized carbons (Fsp3) is 1.00. The van der Waals surface area contributed by atoms with Gasteiger partial charge in [0.2, 0.25) is 0 Å². The summed E-state index contributed by atoms with van der Waals surface area (Å²) in [5.41, 5.74) is 0.144. The number of methoxy groups -OCH3 is 1.